The number of rotatable bonds is 3. The first-order valence-corrected chi connectivity index (χ1v) is 7.03. The molecule has 0 saturated carbocycles. The van der Waals surface area contributed by atoms with E-state index in [0.717, 1.165) is 12.8 Å². The number of primary sulfonamides is 1. The van der Waals surface area contributed by atoms with Crippen molar-refractivity contribution in [1.29, 1.82) is 0 Å². The van der Waals surface area contributed by atoms with Crippen LogP contribution in [0.15, 0.2) is 5.16 Å². The Morgan fingerprint density at radius 3 is 2.71 bits per heavy atom. The Kier molecular flexibility index (Phi) is 2.96. The molecule has 0 aromatic carbocycles. The van der Waals surface area contributed by atoms with Crippen LogP contribution in [0.3, 0.4) is 0 Å². The van der Waals surface area contributed by atoms with Crippen LogP contribution < -0.4 is 5.14 Å². The van der Waals surface area contributed by atoms with Gasteiger partial charge in [-0.15, -0.1) is 10.2 Å². The van der Waals surface area contributed by atoms with Gasteiger partial charge in [0, 0.05) is 13.2 Å². The Morgan fingerprint density at radius 2 is 2.24 bits per heavy atom. The number of aromatic nitrogens is 3. The molecule has 1 aromatic rings. The fourth-order valence-electron chi connectivity index (χ4n) is 2.13. The molecule has 8 heteroatoms. The summed E-state index contributed by atoms with van der Waals surface area (Å²) in [6.45, 7) is 4.80. The SMILES string of the molecule is CCn1c(C2(C)CCCO2)nnc1S(N)(=O)=O. The summed E-state index contributed by atoms with van der Waals surface area (Å²) in [7, 11) is -3.85. The van der Waals surface area contributed by atoms with E-state index in [1.165, 1.54) is 4.57 Å². The van der Waals surface area contributed by atoms with Crippen molar-refractivity contribution < 1.29 is 13.2 Å². The summed E-state index contributed by atoms with van der Waals surface area (Å²) in [5.41, 5.74) is -0.564. The van der Waals surface area contributed by atoms with Crippen LogP contribution >= 0.6 is 0 Å². The number of hydrogen-bond donors (Lipinski definition) is 1. The van der Waals surface area contributed by atoms with Crippen LogP contribution in [-0.4, -0.2) is 29.8 Å². The molecule has 1 aliphatic heterocycles. The smallest absolute Gasteiger partial charge is 0.273 e. The summed E-state index contributed by atoms with van der Waals surface area (Å²) in [5, 5.41) is 12.5. The first-order chi connectivity index (χ1) is 7.88. The zero-order valence-electron chi connectivity index (χ0n) is 9.88. The lowest BCUT2D eigenvalue weighted by atomic mass is 10.0. The molecule has 1 fully saturated rings. The highest BCUT2D eigenvalue weighted by molar-refractivity contribution is 7.89. The molecule has 0 radical (unpaired) electrons. The zero-order chi connectivity index (χ0) is 12.7. The number of ether oxygens (including phenoxy) is 1. The van der Waals surface area contributed by atoms with Gasteiger partial charge >= 0.3 is 0 Å². The Labute approximate surface area is 100 Å². The summed E-state index contributed by atoms with van der Waals surface area (Å²) >= 11 is 0. The fraction of sp³-hybridized carbons (Fsp3) is 0.778. The molecule has 1 aliphatic rings. The molecule has 2 rings (SSSR count). The summed E-state index contributed by atoms with van der Waals surface area (Å²) in [4.78, 5) is 0. The summed E-state index contributed by atoms with van der Waals surface area (Å²) in [6.07, 6.45) is 1.73. The minimum absolute atomic E-state index is 0.202. The van der Waals surface area contributed by atoms with E-state index in [4.69, 9.17) is 9.88 Å². The topological polar surface area (TPSA) is 100 Å². The van der Waals surface area contributed by atoms with Gasteiger partial charge in [0.15, 0.2) is 5.82 Å². The highest BCUT2D eigenvalue weighted by Gasteiger charge is 2.38. The van der Waals surface area contributed by atoms with Crippen molar-refractivity contribution in [3.8, 4) is 0 Å². The zero-order valence-corrected chi connectivity index (χ0v) is 10.7. The Hall–Kier alpha value is -0.990. The molecule has 96 valence electrons. The second-order valence-electron chi connectivity index (χ2n) is 4.28. The van der Waals surface area contributed by atoms with Crippen LogP contribution in [0.4, 0.5) is 0 Å². The van der Waals surface area contributed by atoms with Gasteiger partial charge in [-0.05, 0) is 26.7 Å². The highest BCUT2D eigenvalue weighted by Crippen LogP contribution is 2.34. The van der Waals surface area contributed by atoms with E-state index in [-0.39, 0.29) is 5.16 Å². The van der Waals surface area contributed by atoms with Crippen LogP contribution in [0.1, 0.15) is 32.5 Å². The van der Waals surface area contributed by atoms with E-state index < -0.39 is 15.6 Å². The van der Waals surface area contributed by atoms with Crippen molar-refractivity contribution in [3.05, 3.63) is 5.82 Å². The van der Waals surface area contributed by atoms with E-state index in [0.29, 0.717) is 19.0 Å². The number of nitrogens with zero attached hydrogens (tertiary/aromatic N) is 3. The van der Waals surface area contributed by atoms with Gasteiger partial charge in [0.1, 0.15) is 5.60 Å². The molecule has 0 bridgehead atoms. The molecular weight excluding hydrogens is 244 g/mol. The van der Waals surface area contributed by atoms with Crippen LogP contribution in [-0.2, 0) is 26.9 Å². The van der Waals surface area contributed by atoms with Gasteiger partial charge in [-0.1, -0.05) is 0 Å². The first kappa shape index (κ1) is 12.5. The molecule has 2 heterocycles. The van der Waals surface area contributed by atoms with E-state index in [1.54, 1.807) is 0 Å². The van der Waals surface area contributed by atoms with Crippen molar-refractivity contribution >= 4 is 10.0 Å². The molecule has 17 heavy (non-hydrogen) atoms. The largest absolute Gasteiger partial charge is 0.367 e. The van der Waals surface area contributed by atoms with Gasteiger partial charge in [-0.2, -0.15) is 0 Å². The minimum Gasteiger partial charge on any atom is -0.367 e. The van der Waals surface area contributed by atoms with Crippen molar-refractivity contribution in [2.45, 2.75) is 44.0 Å². The maximum atomic E-state index is 11.4. The second kappa shape index (κ2) is 4.04. The van der Waals surface area contributed by atoms with Gasteiger partial charge < -0.3 is 4.74 Å². The monoisotopic (exact) mass is 260 g/mol. The number of hydrogen-bond acceptors (Lipinski definition) is 5. The van der Waals surface area contributed by atoms with E-state index in [1.807, 2.05) is 13.8 Å². The lowest BCUT2D eigenvalue weighted by molar-refractivity contribution is 0.00591. The molecule has 1 aromatic heterocycles. The summed E-state index contributed by atoms with van der Waals surface area (Å²) in [5.74, 6) is 0.529. The molecule has 2 N–H and O–H groups in total. The predicted octanol–water partition coefficient (Wildman–Crippen LogP) is -0.0290. The second-order valence-corrected chi connectivity index (χ2v) is 5.73. The van der Waals surface area contributed by atoms with Gasteiger partial charge in [0.2, 0.25) is 0 Å². The third-order valence-electron chi connectivity index (χ3n) is 2.98. The van der Waals surface area contributed by atoms with Crippen LogP contribution in [0, 0.1) is 0 Å². The highest BCUT2D eigenvalue weighted by atomic mass is 32.2. The Morgan fingerprint density at radius 1 is 1.53 bits per heavy atom. The van der Waals surface area contributed by atoms with E-state index in [2.05, 4.69) is 10.2 Å². The quantitative estimate of drug-likeness (QED) is 0.822. The van der Waals surface area contributed by atoms with E-state index in [9.17, 15) is 8.42 Å². The maximum Gasteiger partial charge on any atom is 0.273 e. The average Bonchev–Trinajstić information content (AvgIpc) is 2.82. The third-order valence-corrected chi connectivity index (χ3v) is 3.79. The molecule has 0 aliphatic carbocycles. The van der Waals surface area contributed by atoms with Crippen molar-refractivity contribution in [3.63, 3.8) is 0 Å². The van der Waals surface area contributed by atoms with Gasteiger partial charge in [-0.3, -0.25) is 4.57 Å². The normalized spacial score (nSPS) is 25.4. The summed E-state index contributed by atoms with van der Waals surface area (Å²) < 4.78 is 29.9. The lowest BCUT2D eigenvalue weighted by Crippen LogP contribution is -2.27. The molecule has 1 unspecified atom stereocenters. The van der Waals surface area contributed by atoms with Crippen molar-refractivity contribution in [1.82, 2.24) is 14.8 Å². The fourth-order valence-corrected chi connectivity index (χ4v) is 2.81. The minimum atomic E-state index is -3.85. The number of nitrogens with two attached hydrogens (primary N) is 1. The van der Waals surface area contributed by atoms with Crippen LogP contribution in [0.5, 0.6) is 0 Å². The Bertz CT molecular complexity index is 516. The van der Waals surface area contributed by atoms with Crippen molar-refractivity contribution in [2.75, 3.05) is 6.61 Å². The lowest BCUT2D eigenvalue weighted by Gasteiger charge is -2.22. The van der Waals surface area contributed by atoms with Crippen LogP contribution in [0.25, 0.3) is 0 Å². The molecule has 0 amide bonds. The van der Waals surface area contributed by atoms with Gasteiger partial charge in [0.05, 0.1) is 0 Å². The number of sulfonamides is 1. The van der Waals surface area contributed by atoms with E-state index >= 15 is 0 Å². The molecule has 1 saturated heterocycles. The van der Waals surface area contributed by atoms with Gasteiger partial charge in [0.25, 0.3) is 15.2 Å². The average molecular weight is 260 g/mol. The Balaban J connectivity index is 2.53. The predicted molar refractivity (Wildman–Crippen MR) is 59.6 cm³/mol. The van der Waals surface area contributed by atoms with Crippen molar-refractivity contribution in [2.24, 2.45) is 5.14 Å². The molecule has 7 nitrogen and oxygen atoms in total. The maximum absolute atomic E-state index is 11.4. The van der Waals surface area contributed by atoms with Crippen LogP contribution in [0.2, 0.25) is 0 Å². The molecule has 1 atom stereocenters. The standard InChI is InChI=1S/C9H16N4O3S/c1-3-13-7(9(2)5-4-6-16-9)11-12-8(13)17(10,14)15/h3-6H2,1-2H3,(H2,10,14,15). The first-order valence-electron chi connectivity index (χ1n) is 5.49. The molecule has 0 spiro atoms. The third kappa shape index (κ3) is 2.07. The summed E-state index contributed by atoms with van der Waals surface area (Å²) in [6, 6.07) is 0. The van der Waals surface area contributed by atoms with Gasteiger partial charge in [-0.25, -0.2) is 13.6 Å². The molecular formula is C9H16N4O3S.